The van der Waals surface area contributed by atoms with E-state index in [1.165, 1.54) is 7.11 Å². The van der Waals surface area contributed by atoms with E-state index in [4.69, 9.17) is 4.74 Å². The van der Waals surface area contributed by atoms with Crippen molar-refractivity contribution < 1.29 is 23.0 Å². The molecule has 10 heteroatoms. The Balaban J connectivity index is 0.00000361. The van der Waals surface area contributed by atoms with Crippen LogP contribution in [0.15, 0.2) is 70.3 Å². The lowest BCUT2D eigenvalue weighted by Crippen LogP contribution is -2.32. The predicted molar refractivity (Wildman–Crippen MR) is 133 cm³/mol. The molecule has 0 amide bonds. The molecule has 0 aliphatic heterocycles. The molecular formula is C26H22ClF3N2O4. The summed E-state index contributed by atoms with van der Waals surface area (Å²) in [6.07, 6.45) is 0. The lowest BCUT2D eigenvalue weighted by atomic mass is 9.96. The summed E-state index contributed by atoms with van der Waals surface area (Å²) in [6.45, 7) is 1.69. The van der Waals surface area contributed by atoms with Gasteiger partial charge >= 0.3 is 0 Å². The van der Waals surface area contributed by atoms with Crippen LogP contribution in [0.4, 0.5) is 24.5 Å². The van der Waals surface area contributed by atoms with Gasteiger partial charge in [-0.2, -0.15) is 0 Å². The van der Waals surface area contributed by atoms with Crippen LogP contribution in [-0.2, 0) is 0 Å². The van der Waals surface area contributed by atoms with E-state index >= 15 is 0 Å². The number of rotatable bonds is 8. The van der Waals surface area contributed by atoms with E-state index in [0.717, 1.165) is 17.7 Å². The van der Waals surface area contributed by atoms with Crippen LogP contribution in [-0.4, -0.2) is 12.2 Å². The molecule has 2 atom stereocenters. The molecule has 36 heavy (non-hydrogen) atoms. The Bertz CT molecular complexity index is 1430. The van der Waals surface area contributed by atoms with E-state index in [9.17, 15) is 27.9 Å². The quantitative estimate of drug-likeness (QED) is 0.224. The average molecular weight is 519 g/mol. The highest BCUT2D eigenvalue weighted by Crippen LogP contribution is 2.31. The monoisotopic (exact) mass is 518 g/mol. The molecule has 0 saturated heterocycles. The maximum absolute atomic E-state index is 13.8. The van der Waals surface area contributed by atoms with Crippen LogP contribution in [0.2, 0.25) is 0 Å². The van der Waals surface area contributed by atoms with Crippen molar-refractivity contribution in [2.24, 2.45) is 0 Å². The summed E-state index contributed by atoms with van der Waals surface area (Å²) in [5.74, 6) is -4.09. The van der Waals surface area contributed by atoms with Gasteiger partial charge in [-0.05, 0) is 60.0 Å². The van der Waals surface area contributed by atoms with Crippen LogP contribution in [0, 0.1) is 17.5 Å². The first-order valence-corrected chi connectivity index (χ1v) is 10.6. The second kappa shape index (κ2) is 10.8. The zero-order valence-electron chi connectivity index (χ0n) is 19.1. The van der Waals surface area contributed by atoms with Gasteiger partial charge in [-0.3, -0.25) is 14.9 Å². The largest absolute Gasteiger partial charge is 0.502 e. The van der Waals surface area contributed by atoms with E-state index in [0.29, 0.717) is 17.0 Å². The van der Waals surface area contributed by atoms with Gasteiger partial charge in [-0.1, -0.05) is 24.3 Å². The Morgan fingerprint density at radius 1 is 0.861 bits per heavy atom. The Labute approximate surface area is 210 Å². The van der Waals surface area contributed by atoms with Crippen molar-refractivity contribution in [2.45, 2.75) is 19.0 Å². The van der Waals surface area contributed by atoms with Crippen molar-refractivity contribution in [3.05, 3.63) is 115 Å². The minimum Gasteiger partial charge on any atom is -0.502 e. The second-order valence-electron chi connectivity index (χ2n) is 8.03. The summed E-state index contributed by atoms with van der Waals surface area (Å²) >= 11 is 0. The summed E-state index contributed by atoms with van der Waals surface area (Å²) in [4.78, 5) is 23.0. The van der Waals surface area contributed by atoms with Crippen molar-refractivity contribution in [3.8, 4) is 11.5 Å². The number of methoxy groups -OCH3 is 1. The molecule has 188 valence electrons. The molecule has 0 fully saturated rings. The Kier molecular flexibility index (Phi) is 8.07. The standard InChI is InChI=1S/C26H21F3N2O4.ClH/c1-13(16-11-19(27)21(29)20(28)12-16)30-22(14-6-8-18(35-2)9-7-14)15-4-3-5-17(10-15)31-23-24(32)26(34)25(23)33;/h3-13,22,30-32H,1-2H3;1H. The molecule has 0 aliphatic rings. The highest BCUT2D eigenvalue weighted by Gasteiger charge is 2.23. The number of halogens is 4. The van der Waals surface area contributed by atoms with E-state index in [1.807, 2.05) is 12.1 Å². The molecule has 4 aromatic carbocycles. The van der Waals surface area contributed by atoms with Crippen LogP contribution < -0.4 is 26.2 Å². The van der Waals surface area contributed by atoms with E-state index < -0.39 is 46.1 Å². The van der Waals surface area contributed by atoms with Gasteiger partial charge in [0.05, 0.1) is 13.2 Å². The predicted octanol–water partition coefficient (Wildman–Crippen LogP) is 5.02. The van der Waals surface area contributed by atoms with Crippen LogP contribution in [0.25, 0.3) is 0 Å². The number of hydrogen-bond donors (Lipinski definition) is 3. The lowest BCUT2D eigenvalue weighted by molar-refractivity contribution is 0.414. The molecule has 6 nitrogen and oxygen atoms in total. The van der Waals surface area contributed by atoms with Crippen LogP contribution >= 0.6 is 12.4 Å². The van der Waals surface area contributed by atoms with Crippen molar-refractivity contribution in [2.75, 3.05) is 12.4 Å². The van der Waals surface area contributed by atoms with Crippen LogP contribution in [0.5, 0.6) is 11.5 Å². The van der Waals surface area contributed by atoms with Crippen molar-refractivity contribution in [1.82, 2.24) is 5.32 Å². The number of benzene rings is 3. The minimum absolute atomic E-state index is 0. The van der Waals surface area contributed by atoms with Crippen LogP contribution in [0.3, 0.4) is 0 Å². The molecule has 4 rings (SSSR count). The lowest BCUT2D eigenvalue weighted by Gasteiger charge is -2.25. The third-order valence-corrected chi connectivity index (χ3v) is 5.75. The third-order valence-electron chi connectivity index (χ3n) is 5.75. The number of anilines is 2. The fourth-order valence-corrected chi connectivity index (χ4v) is 3.79. The topological polar surface area (TPSA) is 87.7 Å². The fourth-order valence-electron chi connectivity index (χ4n) is 3.79. The highest BCUT2D eigenvalue weighted by atomic mass is 35.5. The molecule has 0 aliphatic carbocycles. The number of nitrogens with one attached hydrogen (secondary N) is 2. The molecule has 4 aromatic rings. The average Bonchev–Trinajstić information content (AvgIpc) is 2.88. The van der Waals surface area contributed by atoms with Gasteiger partial charge in [0.2, 0.25) is 0 Å². The van der Waals surface area contributed by atoms with Gasteiger partial charge in [-0.25, -0.2) is 13.2 Å². The molecule has 0 radical (unpaired) electrons. The molecular weight excluding hydrogens is 497 g/mol. The Hall–Kier alpha value is -3.82. The summed E-state index contributed by atoms with van der Waals surface area (Å²) in [7, 11) is 1.54. The van der Waals surface area contributed by atoms with Gasteiger partial charge in [-0.15, -0.1) is 12.4 Å². The van der Waals surface area contributed by atoms with E-state index in [1.54, 1.807) is 43.3 Å². The number of aromatic hydroxyl groups is 1. The summed E-state index contributed by atoms with van der Waals surface area (Å²) in [5.41, 5.74) is 0.190. The van der Waals surface area contributed by atoms with Crippen molar-refractivity contribution in [1.29, 1.82) is 0 Å². The normalized spacial score (nSPS) is 12.6. The van der Waals surface area contributed by atoms with Gasteiger partial charge in [0, 0.05) is 11.7 Å². The zero-order valence-corrected chi connectivity index (χ0v) is 20.0. The summed E-state index contributed by atoms with van der Waals surface area (Å²) in [6, 6.07) is 14.8. The van der Waals surface area contributed by atoms with Crippen LogP contribution in [0.1, 0.15) is 35.7 Å². The maximum atomic E-state index is 13.8. The molecule has 0 saturated carbocycles. The Morgan fingerprint density at radius 2 is 1.50 bits per heavy atom. The first-order valence-electron chi connectivity index (χ1n) is 10.6. The summed E-state index contributed by atoms with van der Waals surface area (Å²) in [5, 5.41) is 15.7. The van der Waals surface area contributed by atoms with Crippen molar-refractivity contribution >= 4 is 23.8 Å². The third kappa shape index (κ3) is 5.22. The molecule has 3 N–H and O–H groups in total. The fraction of sp³-hybridized carbons (Fsp3) is 0.154. The minimum atomic E-state index is -1.53. The van der Waals surface area contributed by atoms with Gasteiger partial charge in [0.1, 0.15) is 11.4 Å². The number of hydrogen-bond acceptors (Lipinski definition) is 6. The van der Waals surface area contributed by atoms with E-state index in [2.05, 4.69) is 10.6 Å². The maximum Gasteiger partial charge on any atom is 0.271 e. The Morgan fingerprint density at radius 3 is 2.08 bits per heavy atom. The summed E-state index contributed by atoms with van der Waals surface area (Å²) < 4.78 is 46.3. The SMILES string of the molecule is COc1ccc(C(NC(C)c2cc(F)c(F)c(F)c2)c2cccc(Nc3c(O)c(=O)c3=O)c2)cc1.Cl. The molecule has 0 aromatic heterocycles. The highest BCUT2D eigenvalue weighted by molar-refractivity contribution is 5.85. The number of ether oxygens (including phenoxy) is 1. The van der Waals surface area contributed by atoms with Gasteiger partial charge in [0.15, 0.2) is 23.2 Å². The zero-order chi connectivity index (χ0) is 25.3. The van der Waals surface area contributed by atoms with Crippen molar-refractivity contribution in [3.63, 3.8) is 0 Å². The van der Waals surface area contributed by atoms with Gasteiger partial charge in [0.25, 0.3) is 10.9 Å². The molecule has 0 bridgehead atoms. The molecule has 0 heterocycles. The second-order valence-corrected chi connectivity index (χ2v) is 8.03. The first-order chi connectivity index (χ1) is 16.7. The molecule has 2 unspecified atom stereocenters. The van der Waals surface area contributed by atoms with Gasteiger partial charge < -0.3 is 15.2 Å². The molecule has 0 spiro atoms. The smallest absolute Gasteiger partial charge is 0.271 e. The van der Waals surface area contributed by atoms with E-state index in [-0.39, 0.29) is 23.7 Å². The first kappa shape index (κ1) is 26.8.